The van der Waals surface area contributed by atoms with Gasteiger partial charge in [0.2, 0.25) is 0 Å². The number of alkyl halides is 3. The molecule has 1 aliphatic heterocycles. The molecule has 5 nitrogen and oxygen atoms in total. The lowest BCUT2D eigenvalue weighted by atomic mass is 9.87. The molecule has 3 atom stereocenters. The minimum atomic E-state index is -4.79. The fourth-order valence-corrected chi connectivity index (χ4v) is 6.12. The summed E-state index contributed by atoms with van der Waals surface area (Å²) in [7, 11) is 0. The second-order valence-corrected chi connectivity index (χ2v) is 10.9. The molecule has 2 unspecified atom stereocenters. The number of benzene rings is 1. The van der Waals surface area contributed by atoms with Gasteiger partial charge in [-0.05, 0) is 62.5 Å². The monoisotopic (exact) mass is 497 g/mol. The Hall–Kier alpha value is -2.12. The second-order valence-electron chi connectivity index (χ2n) is 8.72. The number of carbonyl (C=O) groups excluding carboxylic acids is 2. The maximum absolute atomic E-state index is 13.5. The van der Waals surface area contributed by atoms with E-state index in [2.05, 4.69) is 19.3 Å². The van der Waals surface area contributed by atoms with Gasteiger partial charge in [-0.25, -0.2) is 9.69 Å². The summed E-state index contributed by atoms with van der Waals surface area (Å²) in [5, 5.41) is 9.72. The van der Waals surface area contributed by atoms with Crippen LogP contribution in [0.15, 0.2) is 29.8 Å². The first-order chi connectivity index (χ1) is 15.4. The summed E-state index contributed by atoms with van der Waals surface area (Å²) in [6.45, 7) is 5.54. The van der Waals surface area contributed by atoms with Crippen molar-refractivity contribution >= 4 is 41.1 Å². The summed E-state index contributed by atoms with van der Waals surface area (Å²) < 4.78 is 40.4. The molecule has 3 amide bonds. The molecular weight excluding hydrogens is 471 g/mol. The SMILES string of the molecule is CSC1C=C(CN2C(=O)N(c3ccc(C#N)c(C(F)(F)F)c3)C(=O)C2(C)C)[C@@H](C)C(SC)C1. The molecule has 0 radical (unpaired) electrons. The van der Waals surface area contributed by atoms with Crippen molar-refractivity contribution in [3.05, 3.63) is 41.0 Å². The zero-order valence-electron chi connectivity index (χ0n) is 19.1. The number of rotatable bonds is 5. The predicted octanol–water partition coefficient (Wildman–Crippen LogP) is 5.55. The van der Waals surface area contributed by atoms with E-state index in [0.717, 1.165) is 23.0 Å². The fourth-order valence-electron chi connectivity index (χ4n) is 4.31. The maximum Gasteiger partial charge on any atom is 0.417 e. The summed E-state index contributed by atoms with van der Waals surface area (Å²) in [6, 6.07) is 3.75. The van der Waals surface area contributed by atoms with Crippen molar-refractivity contribution < 1.29 is 22.8 Å². The number of hydrogen-bond donors (Lipinski definition) is 0. The van der Waals surface area contributed by atoms with Crippen LogP contribution in [-0.4, -0.2) is 51.9 Å². The zero-order valence-corrected chi connectivity index (χ0v) is 20.7. The predicted molar refractivity (Wildman–Crippen MR) is 126 cm³/mol. The second kappa shape index (κ2) is 9.26. The van der Waals surface area contributed by atoms with Crippen LogP contribution in [0.5, 0.6) is 0 Å². The molecule has 0 spiro atoms. The lowest BCUT2D eigenvalue weighted by Crippen LogP contribution is -2.46. The van der Waals surface area contributed by atoms with E-state index in [4.69, 9.17) is 5.26 Å². The van der Waals surface area contributed by atoms with Gasteiger partial charge in [-0.1, -0.05) is 13.0 Å². The first kappa shape index (κ1) is 25.5. The van der Waals surface area contributed by atoms with Gasteiger partial charge in [-0.15, -0.1) is 0 Å². The number of nitriles is 1. The molecule has 178 valence electrons. The normalized spacial score (nSPS) is 25.3. The number of urea groups is 1. The smallest absolute Gasteiger partial charge is 0.306 e. The first-order valence-electron chi connectivity index (χ1n) is 10.4. The van der Waals surface area contributed by atoms with E-state index in [1.807, 2.05) is 6.26 Å². The zero-order chi connectivity index (χ0) is 24.7. The van der Waals surface area contributed by atoms with Crippen molar-refractivity contribution in [1.29, 1.82) is 5.26 Å². The molecule has 1 heterocycles. The quantitative estimate of drug-likeness (QED) is 0.394. The highest BCUT2D eigenvalue weighted by molar-refractivity contribution is 8.00. The first-order valence-corrected chi connectivity index (χ1v) is 13.0. The third-order valence-corrected chi connectivity index (χ3v) is 8.60. The summed E-state index contributed by atoms with van der Waals surface area (Å²) >= 11 is 3.50. The number of carbonyl (C=O) groups is 2. The van der Waals surface area contributed by atoms with Gasteiger partial charge >= 0.3 is 12.2 Å². The molecule has 1 aromatic carbocycles. The lowest BCUT2D eigenvalue weighted by molar-refractivity contribution is -0.137. The third kappa shape index (κ3) is 4.62. The maximum atomic E-state index is 13.5. The molecule has 0 aromatic heterocycles. The van der Waals surface area contributed by atoms with E-state index in [-0.39, 0.29) is 18.2 Å². The molecule has 0 bridgehead atoms. The minimum Gasteiger partial charge on any atom is -0.306 e. The van der Waals surface area contributed by atoms with Crippen molar-refractivity contribution in [2.24, 2.45) is 5.92 Å². The Balaban J connectivity index is 1.99. The number of halogens is 3. The molecule has 10 heteroatoms. The highest BCUT2D eigenvalue weighted by Gasteiger charge is 2.52. The summed E-state index contributed by atoms with van der Waals surface area (Å²) in [6.07, 6.45) is 2.47. The van der Waals surface area contributed by atoms with E-state index >= 15 is 0 Å². The Morgan fingerprint density at radius 1 is 1.21 bits per heavy atom. The van der Waals surface area contributed by atoms with E-state index < -0.39 is 34.8 Å². The van der Waals surface area contributed by atoms with Crippen molar-refractivity contribution in [1.82, 2.24) is 4.90 Å². The number of imide groups is 1. The minimum absolute atomic E-state index is 0.193. The van der Waals surface area contributed by atoms with Gasteiger partial charge in [-0.2, -0.15) is 42.0 Å². The average molecular weight is 498 g/mol. The standard InChI is InChI=1S/C23H26F3N3O2S2/c1-13-15(8-17(32-4)10-19(13)33-5)12-28-21(31)29(20(30)22(28,2)3)16-7-6-14(11-27)18(9-16)23(24,25)26/h6-9,13,17,19H,10,12H2,1-5H3/t13-,17?,19?/m1/s1. The number of nitrogens with zero attached hydrogens (tertiary/aromatic N) is 3. The fraction of sp³-hybridized carbons (Fsp3) is 0.522. The molecule has 0 N–H and O–H groups in total. The third-order valence-electron chi connectivity index (χ3n) is 6.46. The number of hydrogen-bond acceptors (Lipinski definition) is 5. The lowest BCUT2D eigenvalue weighted by Gasteiger charge is -2.36. The van der Waals surface area contributed by atoms with Crippen LogP contribution < -0.4 is 4.90 Å². The van der Waals surface area contributed by atoms with Gasteiger partial charge in [0.1, 0.15) is 5.54 Å². The molecule has 2 aliphatic rings. The van der Waals surface area contributed by atoms with E-state index in [1.54, 1.807) is 37.4 Å². The summed E-state index contributed by atoms with van der Waals surface area (Å²) in [5.74, 6) is -0.403. The van der Waals surface area contributed by atoms with Gasteiger partial charge in [-0.3, -0.25) is 4.79 Å². The van der Waals surface area contributed by atoms with Gasteiger partial charge in [0.05, 0.1) is 22.9 Å². The van der Waals surface area contributed by atoms with E-state index in [0.29, 0.717) is 16.6 Å². The Labute approximate surface area is 200 Å². The Kier molecular flexibility index (Phi) is 7.16. The number of amides is 3. The molecule has 1 aromatic rings. The van der Waals surface area contributed by atoms with Gasteiger partial charge in [0.25, 0.3) is 5.91 Å². The summed E-state index contributed by atoms with van der Waals surface area (Å²) in [4.78, 5) is 28.8. The van der Waals surface area contributed by atoms with Crippen molar-refractivity contribution in [3.63, 3.8) is 0 Å². The van der Waals surface area contributed by atoms with Crippen molar-refractivity contribution in [2.75, 3.05) is 24.0 Å². The molecule has 33 heavy (non-hydrogen) atoms. The molecule has 1 aliphatic carbocycles. The number of thioether (sulfide) groups is 2. The van der Waals surface area contributed by atoms with Gasteiger partial charge < -0.3 is 4.90 Å². The largest absolute Gasteiger partial charge is 0.417 e. The van der Waals surface area contributed by atoms with Crippen LogP contribution >= 0.6 is 23.5 Å². The molecule has 1 saturated heterocycles. The highest BCUT2D eigenvalue weighted by atomic mass is 32.2. The van der Waals surface area contributed by atoms with E-state index in [1.165, 1.54) is 17.0 Å². The van der Waals surface area contributed by atoms with Gasteiger partial charge in [0, 0.05) is 17.0 Å². The van der Waals surface area contributed by atoms with Crippen LogP contribution in [0.4, 0.5) is 23.7 Å². The van der Waals surface area contributed by atoms with Gasteiger partial charge in [0.15, 0.2) is 0 Å². The molecule has 1 fully saturated rings. The van der Waals surface area contributed by atoms with Crippen LogP contribution in [0.25, 0.3) is 0 Å². The van der Waals surface area contributed by atoms with Crippen molar-refractivity contribution in [2.45, 2.75) is 49.4 Å². The highest BCUT2D eigenvalue weighted by Crippen LogP contribution is 2.41. The molecule has 0 saturated carbocycles. The van der Waals surface area contributed by atoms with Crippen LogP contribution in [0.2, 0.25) is 0 Å². The Morgan fingerprint density at radius 3 is 2.42 bits per heavy atom. The topological polar surface area (TPSA) is 64.4 Å². The van der Waals surface area contributed by atoms with Crippen LogP contribution in [0.3, 0.4) is 0 Å². The summed E-state index contributed by atoms with van der Waals surface area (Å²) in [5.41, 5.74) is -2.11. The number of anilines is 1. The Bertz CT molecular complexity index is 1030. The Morgan fingerprint density at radius 2 is 1.88 bits per heavy atom. The van der Waals surface area contributed by atoms with Crippen LogP contribution in [0.1, 0.15) is 38.3 Å². The van der Waals surface area contributed by atoms with E-state index in [9.17, 15) is 22.8 Å². The van der Waals surface area contributed by atoms with Crippen molar-refractivity contribution in [3.8, 4) is 6.07 Å². The molecule has 3 rings (SSSR count). The van der Waals surface area contributed by atoms with Crippen LogP contribution in [-0.2, 0) is 11.0 Å². The van der Waals surface area contributed by atoms with Crippen LogP contribution in [0, 0.1) is 17.2 Å². The average Bonchev–Trinajstić information content (AvgIpc) is 2.93. The molecular formula is C23H26F3N3O2S2.